The molecule has 5 nitrogen and oxygen atoms in total. The van der Waals surface area contributed by atoms with Crippen LogP contribution < -0.4 is 4.90 Å². The van der Waals surface area contributed by atoms with E-state index in [2.05, 4.69) is 4.99 Å². The van der Waals surface area contributed by atoms with Crippen molar-refractivity contribution in [1.82, 2.24) is 0 Å². The van der Waals surface area contributed by atoms with Crippen molar-refractivity contribution in [2.75, 3.05) is 16.4 Å². The Bertz CT molecular complexity index is 1040. The minimum Gasteiger partial charge on any atom is -0.313 e. The number of aliphatic imine (C=N–C) groups is 1. The topological polar surface area (TPSA) is 66.8 Å². The first-order valence-corrected chi connectivity index (χ1v) is 10.8. The van der Waals surface area contributed by atoms with E-state index in [0.29, 0.717) is 5.56 Å². The van der Waals surface area contributed by atoms with Gasteiger partial charge in [-0.1, -0.05) is 30.0 Å². The van der Waals surface area contributed by atoms with Crippen molar-refractivity contribution in [3.63, 3.8) is 0 Å². The average molecular weight is 408 g/mol. The quantitative estimate of drug-likeness (QED) is 0.765. The third-order valence-corrected chi connectivity index (χ3v) is 7.66. The second-order valence-corrected chi connectivity index (χ2v) is 9.69. The van der Waals surface area contributed by atoms with Gasteiger partial charge in [0.2, 0.25) is 0 Å². The van der Waals surface area contributed by atoms with Gasteiger partial charge in [0.25, 0.3) is 5.91 Å². The van der Waals surface area contributed by atoms with E-state index in [1.54, 1.807) is 30.3 Å². The Labute approximate surface area is 159 Å². The molecule has 1 amide bonds. The zero-order valence-corrected chi connectivity index (χ0v) is 15.5. The van der Waals surface area contributed by atoms with Gasteiger partial charge in [0.1, 0.15) is 11.6 Å². The molecular weight excluding hydrogens is 394 g/mol. The summed E-state index contributed by atoms with van der Waals surface area (Å²) >= 11 is 1.14. The van der Waals surface area contributed by atoms with Gasteiger partial charge in [0.15, 0.2) is 15.0 Å². The summed E-state index contributed by atoms with van der Waals surface area (Å²) in [6.07, 6.45) is 0. The third kappa shape index (κ3) is 3.49. The highest BCUT2D eigenvalue weighted by Gasteiger charge is 2.50. The first kappa shape index (κ1) is 18.1. The fraction of sp³-hybridized carbons (Fsp3) is 0.222. The molecule has 9 heteroatoms. The van der Waals surface area contributed by atoms with Crippen LogP contribution in [0.1, 0.15) is 10.4 Å². The van der Waals surface area contributed by atoms with Crippen LogP contribution in [0.2, 0.25) is 0 Å². The summed E-state index contributed by atoms with van der Waals surface area (Å²) in [6.45, 7) is 0. The van der Waals surface area contributed by atoms with Crippen molar-refractivity contribution in [3.05, 3.63) is 65.7 Å². The van der Waals surface area contributed by atoms with Crippen molar-refractivity contribution in [2.45, 2.75) is 11.3 Å². The number of hydrogen-bond donors (Lipinski definition) is 0. The fourth-order valence-corrected chi connectivity index (χ4v) is 7.16. The zero-order valence-electron chi connectivity index (χ0n) is 13.9. The number of hydrogen-bond acceptors (Lipinski definition) is 4. The van der Waals surface area contributed by atoms with Gasteiger partial charge in [-0.3, -0.25) is 4.79 Å². The number of halogens is 2. The van der Waals surface area contributed by atoms with Crippen molar-refractivity contribution in [1.29, 1.82) is 0 Å². The van der Waals surface area contributed by atoms with Crippen LogP contribution in [-0.2, 0) is 9.84 Å². The van der Waals surface area contributed by atoms with E-state index in [4.69, 9.17) is 0 Å². The smallest absolute Gasteiger partial charge is 0.279 e. The molecule has 2 saturated heterocycles. The highest BCUT2D eigenvalue weighted by Crippen LogP contribution is 2.41. The van der Waals surface area contributed by atoms with Gasteiger partial charge in [0, 0.05) is 16.9 Å². The van der Waals surface area contributed by atoms with Crippen LogP contribution in [0, 0.1) is 11.6 Å². The van der Waals surface area contributed by atoms with Gasteiger partial charge < -0.3 is 4.90 Å². The number of carbonyl (C=O) groups excluding carboxylic acids is 1. The molecule has 2 fully saturated rings. The van der Waals surface area contributed by atoms with E-state index < -0.39 is 33.4 Å². The molecule has 27 heavy (non-hydrogen) atoms. The lowest BCUT2D eigenvalue weighted by Crippen LogP contribution is -2.38. The molecule has 2 aromatic carbocycles. The molecule has 0 aromatic heterocycles. The maximum atomic E-state index is 14.4. The van der Waals surface area contributed by atoms with E-state index in [1.165, 1.54) is 11.0 Å². The van der Waals surface area contributed by atoms with Crippen LogP contribution in [0.3, 0.4) is 0 Å². The molecule has 2 aliphatic rings. The number of carbonyl (C=O) groups is 1. The Kier molecular flexibility index (Phi) is 4.51. The molecule has 4 rings (SSSR count). The van der Waals surface area contributed by atoms with E-state index in [-0.39, 0.29) is 27.6 Å². The molecule has 0 bridgehead atoms. The highest BCUT2D eigenvalue weighted by molar-refractivity contribution is 8.16. The summed E-state index contributed by atoms with van der Waals surface area (Å²) in [6, 6.07) is 10.9. The number of rotatable bonds is 2. The third-order valence-electron chi connectivity index (χ3n) is 4.45. The number of thioether (sulfide) groups is 1. The maximum absolute atomic E-state index is 14.4. The highest BCUT2D eigenvalue weighted by atomic mass is 32.2. The summed E-state index contributed by atoms with van der Waals surface area (Å²) in [7, 11) is -3.27. The van der Waals surface area contributed by atoms with Crippen LogP contribution >= 0.6 is 11.8 Å². The van der Waals surface area contributed by atoms with Crippen LogP contribution in [0.15, 0.2) is 53.5 Å². The minimum atomic E-state index is -3.27. The predicted octanol–water partition coefficient (Wildman–Crippen LogP) is 2.88. The first-order valence-electron chi connectivity index (χ1n) is 8.13. The fourth-order valence-electron chi connectivity index (χ4n) is 3.25. The van der Waals surface area contributed by atoms with Gasteiger partial charge in [-0.05, 0) is 24.3 Å². The Morgan fingerprint density at radius 2 is 1.85 bits per heavy atom. The monoisotopic (exact) mass is 408 g/mol. The molecule has 2 aromatic rings. The molecule has 0 aliphatic carbocycles. The van der Waals surface area contributed by atoms with Crippen molar-refractivity contribution < 1.29 is 22.0 Å². The van der Waals surface area contributed by atoms with Gasteiger partial charge in [-0.25, -0.2) is 17.2 Å². The number of amidine groups is 1. The van der Waals surface area contributed by atoms with E-state index in [1.807, 2.05) is 0 Å². The largest absolute Gasteiger partial charge is 0.313 e. The maximum Gasteiger partial charge on any atom is 0.279 e. The number of amides is 1. The summed E-state index contributed by atoms with van der Waals surface area (Å²) in [4.78, 5) is 18.0. The molecule has 2 aliphatic heterocycles. The van der Waals surface area contributed by atoms with E-state index in [9.17, 15) is 22.0 Å². The van der Waals surface area contributed by atoms with Gasteiger partial charge >= 0.3 is 0 Å². The molecular formula is C18H14F2N2O3S2. The average Bonchev–Trinajstić information content (AvgIpc) is 3.07. The molecule has 140 valence electrons. The SMILES string of the molecule is O=C(N=C1S[C@@H]2CS(=O)(=O)C[C@@H]2N1c1ccc(F)cc1F)c1ccccc1. The van der Waals surface area contributed by atoms with Crippen LogP contribution in [0.5, 0.6) is 0 Å². The van der Waals surface area contributed by atoms with Gasteiger partial charge in [0.05, 0.1) is 23.2 Å². The normalized spacial score (nSPS) is 25.0. The Balaban J connectivity index is 1.76. The summed E-state index contributed by atoms with van der Waals surface area (Å²) in [5.41, 5.74) is 0.378. The molecule has 0 saturated carbocycles. The molecule has 2 heterocycles. The summed E-state index contributed by atoms with van der Waals surface area (Å²) < 4.78 is 51.7. The zero-order chi connectivity index (χ0) is 19.2. The van der Waals surface area contributed by atoms with Crippen molar-refractivity contribution >= 4 is 38.4 Å². The summed E-state index contributed by atoms with van der Waals surface area (Å²) in [5.74, 6) is -2.31. The first-order chi connectivity index (χ1) is 12.8. The lowest BCUT2D eigenvalue weighted by atomic mass is 10.2. The van der Waals surface area contributed by atoms with Crippen LogP contribution in [0.4, 0.5) is 14.5 Å². The Hall–Kier alpha value is -2.26. The lowest BCUT2D eigenvalue weighted by molar-refractivity contribution is 0.100. The number of benzene rings is 2. The molecule has 2 atom stereocenters. The van der Waals surface area contributed by atoms with Gasteiger partial charge in [-0.15, -0.1) is 0 Å². The number of sulfone groups is 1. The lowest BCUT2D eigenvalue weighted by Gasteiger charge is -2.24. The second kappa shape index (κ2) is 6.72. The van der Waals surface area contributed by atoms with E-state index in [0.717, 1.165) is 23.9 Å². The molecule has 0 unspecified atom stereocenters. The Morgan fingerprint density at radius 3 is 2.56 bits per heavy atom. The number of nitrogens with zero attached hydrogens (tertiary/aromatic N) is 2. The molecule has 0 radical (unpaired) electrons. The van der Waals surface area contributed by atoms with Crippen LogP contribution in [-0.4, -0.2) is 42.3 Å². The van der Waals surface area contributed by atoms with Gasteiger partial charge in [-0.2, -0.15) is 4.99 Å². The minimum absolute atomic E-state index is 0.00751. The van der Waals surface area contributed by atoms with Crippen molar-refractivity contribution in [2.24, 2.45) is 4.99 Å². The Morgan fingerprint density at radius 1 is 1.11 bits per heavy atom. The molecule has 0 N–H and O–H groups in total. The van der Waals surface area contributed by atoms with Crippen LogP contribution in [0.25, 0.3) is 0 Å². The predicted molar refractivity (Wildman–Crippen MR) is 101 cm³/mol. The number of fused-ring (bicyclic) bond motifs is 1. The second-order valence-electron chi connectivity index (χ2n) is 6.33. The van der Waals surface area contributed by atoms with E-state index >= 15 is 0 Å². The molecule has 0 spiro atoms. The summed E-state index contributed by atoms with van der Waals surface area (Å²) in [5, 5.41) is -0.138. The van der Waals surface area contributed by atoms with Crippen molar-refractivity contribution in [3.8, 4) is 0 Å². The standard InChI is InChI=1S/C18H14F2N2O3S2/c19-12-6-7-14(13(20)8-12)22-15-9-27(24,25)10-16(15)26-18(22)21-17(23)11-4-2-1-3-5-11/h1-8,15-16H,9-10H2/t15-,16+/m0/s1. The number of anilines is 1.